The first kappa shape index (κ1) is 17.3. The molecule has 2 heterocycles. The van der Waals surface area contributed by atoms with Crippen molar-refractivity contribution in [3.05, 3.63) is 46.4 Å². The maximum absolute atomic E-state index is 12.7. The van der Waals surface area contributed by atoms with Gasteiger partial charge in [-0.15, -0.1) is 11.3 Å². The largest absolute Gasteiger partial charge is 0.352 e. The Kier molecular flexibility index (Phi) is 4.94. The van der Waals surface area contributed by atoms with Crippen LogP contribution < -0.4 is 10.9 Å². The number of rotatable bonds is 5. The average molecular weight is 356 g/mol. The highest BCUT2D eigenvalue weighted by Crippen LogP contribution is 2.29. The van der Waals surface area contributed by atoms with Crippen LogP contribution in [0.5, 0.6) is 0 Å². The average Bonchev–Trinajstić information content (AvgIpc) is 3.06. The molecule has 1 aromatic carbocycles. The maximum Gasteiger partial charge on any atom is 0.294 e. The quantitative estimate of drug-likeness (QED) is 0.762. The van der Waals surface area contributed by atoms with Crippen LogP contribution in [0.3, 0.4) is 0 Å². The number of nitrogens with zero attached hydrogens (tertiary/aromatic N) is 3. The second kappa shape index (κ2) is 7.14. The Labute approximate surface area is 149 Å². The van der Waals surface area contributed by atoms with E-state index in [-0.39, 0.29) is 24.1 Å². The van der Waals surface area contributed by atoms with Crippen molar-refractivity contribution in [2.75, 3.05) is 0 Å². The Balaban J connectivity index is 1.98. The Morgan fingerprint density at radius 2 is 2.04 bits per heavy atom. The fourth-order valence-electron chi connectivity index (χ4n) is 2.47. The van der Waals surface area contributed by atoms with Gasteiger partial charge in [0.2, 0.25) is 5.91 Å². The zero-order chi connectivity index (χ0) is 18.0. The molecule has 0 spiro atoms. The molecule has 2 aromatic heterocycles. The Bertz CT molecular complexity index is 962. The van der Waals surface area contributed by atoms with Crippen LogP contribution >= 0.6 is 11.3 Å². The van der Waals surface area contributed by atoms with Gasteiger partial charge in [-0.05, 0) is 20.3 Å². The van der Waals surface area contributed by atoms with Gasteiger partial charge >= 0.3 is 0 Å². The Morgan fingerprint density at radius 1 is 1.32 bits per heavy atom. The molecule has 0 radical (unpaired) electrons. The molecular weight excluding hydrogens is 336 g/mol. The standard InChI is InChI=1S/C18H20N4O2S/c1-4-11(2)19-14(23)10-22-18(24)15-16(12(3)21-22)25-17(20-15)13-8-6-5-7-9-13/h5-9,11H,4,10H2,1-3H3,(H,19,23)/t11-/m0/s1. The number of fused-ring (bicyclic) bond motifs is 1. The van der Waals surface area contributed by atoms with Crippen LogP contribution in [0.1, 0.15) is 26.0 Å². The van der Waals surface area contributed by atoms with Crippen LogP contribution in [-0.2, 0) is 11.3 Å². The number of hydrogen-bond donors (Lipinski definition) is 1. The van der Waals surface area contributed by atoms with Gasteiger partial charge in [-0.1, -0.05) is 37.3 Å². The number of aromatic nitrogens is 3. The van der Waals surface area contributed by atoms with E-state index in [0.29, 0.717) is 11.2 Å². The minimum absolute atomic E-state index is 0.0667. The van der Waals surface area contributed by atoms with Crippen LogP contribution in [0.4, 0.5) is 0 Å². The van der Waals surface area contributed by atoms with E-state index < -0.39 is 0 Å². The van der Waals surface area contributed by atoms with E-state index in [9.17, 15) is 9.59 Å². The summed E-state index contributed by atoms with van der Waals surface area (Å²) in [4.78, 5) is 29.3. The van der Waals surface area contributed by atoms with Crippen molar-refractivity contribution in [2.24, 2.45) is 0 Å². The molecule has 1 atom stereocenters. The summed E-state index contributed by atoms with van der Waals surface area (Å²) in [5.41, 5.74) is 1.69. The number of hydrogen-bond acceptors (Lipinski definition) is 5. The molecule has 0 saturated heterocycles. The fraction of sp³-hybridized carbons (Fsp3) is 0.333. The van der Waals surface area contributed by atoms with Crippen molar-refractivity contribution in [2.45, 2.75) is 39.8 Å². The highest BCUT2D eigenvalue weighted by Gasteiger charge is 2.16. The third kappa shape index (κ3) is 3.61. The summed E-state index contributed by atoms with van der Waals surface area (Å²) in [6.45, 7) is 5.65. The number of thiazole rings is 1. The van der Waals surface area contributed by atoms with Gasteiger partial charge in [-0.25, -0.2) is 9.67 Å². The molecule has 3 rings (SSSR count). The fourth-order valence-corrected chi connectivity index (χ4v) is 3.48. The van der Waals surface area contributed by atoms with Gasteiger partial charge in [0, 0.05) is 11.6 Å². The highest BCUT2D eigenvalue weighted by molar-refractivity contribution is 7.21. The summed E-state index contributed by atoms with van der Waals surface area (Å²) in [6.07, 6.45) is 0.832. The van der Waals surface area contributed by atoms with Gasteiger partial charge < -0.3 is 5.32 Å². The molecule has 7 heteroatoms. The van der Waals surface area contributed by atoms with E-state index in [1.54, 1.807) is 0 Å². The molecule has 0 aliphatic carbocycles. The van der Waals surface area contributed by atoms with Crippen molar-refractivity contribution in [3.63, 3.8) is 0 Å². The molecule has 0 bridgehead atoms. The zero-order valence-electron chi connectivity index (χ0n) is 14.4. The monoisotopic (exact) mass is 356 g/mol. The van der Waals surface area contributed by atoms with Crippen molar-refractivity contribution in [3.8, 4) is 10.6 Å². The highest BCUT2D eigenvalue weighted by atomic mass is 32.1. The van der Waals surface area contributed by atoms with Crippen LogP contribution in [-0.4, -0.2) is 26.7 Å². The van der Waals surface area contributed by atoms with Crippen molar-refractivity contribution in [1.82, 2.24) is 20.1 Å². The number of benzene rings is 1. The van der Waals surface area contributed by atoms with Crippen LogP contribution in [0.25, 0.3) is 20.8 Å². The molecule has 1 amide bonds. The molecule has 0 aliphatic heterocycles. The summed E-state index contributed by atoms with van der Waals surface area (Å²) in [7, 11) is 0. The predicted octanol–water partition coefficient (Wildman–Crippen LogP) is 2.74. The van der Waals surface area contributed by atoms with Gasteiger partial charge in [-0.3, -0.25) is 9.59 Å². The molecule has 0 unspecified atom stereocenters. The van der Waals surface area contributed by atoms with E-state index in [1.807, 2.05) is 51.1 Å². The summed E-state index contributed by atoms with van der Waals surface area (Å²) in [6, 6.07) is 9.79. The lowest BCUT2D eigenvalue weighted by molar-refractivity contribution is -0.122. The Hall–Kier alpha value is -2.54. The first-order valence-corrected chi connectivity index (χ1v) is 9.04. The molecule has 130 valence electrons. The first-order chi connectivity index (χ1) is 12.0. The molecule has 0 saturated carbocycles. The van der Waals surface area contributed by atoms with E-state index >= 15 is 0 Å². The molecule has 3 aromatic rings. The van der Waals surface area contributed by atoms with Crippen molar-refractivity contribution < 1.29 is 4.79 Å². The lowest BCUT2D eigenvalue weighted by atomic mass is 10.2. The number of nitrogens with one attached hydrogen (secondary N) is 1. The molecule has 1 N–H and O–H groups in total. The van der Waals surface area contributed by atoms with Gasteiger partial charge in [0.05, 0.1) is 10.4 Å². The molecule has 25 heavy (non-hydrogen) atoms. The SMILES string of the molecule is CC[C@H](C)NC(=O)Cn1nc(C)c2sc(-c3ccccc3)nc2c1=O. The van der Waals surface area contributed by atoms with Crippen molar-refractivity contribution >= 4 is 27.5 Å². The maximum atomic E-state index is 12.7. The lowest BCUT2D eigenvalue weighted by Gasteiger charge is -2.12. The normalized spacial score (nSPS) is 12.3. The number of carbonyl (C=O) groups is 1. The van der Waals surface area contributed by atoms with Gasteiger partial charge in [0.1, 0.15) is 11.6 Å². The minimum atomic E-state index is -0.335. The van der Waals surface area contributed by atoms with Gasteiger partial charge in [0.15, 0.2) is 5.52 Å². The van der Waals surface area contributed by atoms with Gasteiger partial charge in [0.25, 0.3) is 5.56 Å². The third-order valence-corrected chi connectivity index (χ3v) is 5.21. The third-order valence-electron chi connectivity index (χ3n) is 4.00. The number of carbonyl (C=O) groups excluding carboxylic acids is 1. The molecule has 6 nitrogen and oxygen atoms in total. The predicted molar refractivity (Wildman–Crippen MR) is 99.7 cm³/mol. The second-order valence-corrected chi connectivity index (χ2v) is 6.99. The number of aryl methyl sites for hydroxylation is 1. The second-order valence-electron chi connectivity index (χ2n) is 5.99. The van der Waals surface area contributed by atoms with Crippen LogP contribution in [0.2, 0.25) is 0 Å². The summed E-state index contributed by atoms with van der Waals surface area (Å²) < 4.78 is 1.96. The lowest BCUT2D eigenvalue weighted by Crippen LogP contribution is -2.38. The van der Waals surface area contributed by atoms with Crippen LogP contribution in [0, 0.1) is 6.92 Å². The summed E-state index contributed by atoms with van der Waals surface area (Å²) >= 11 is 1.45. The van der Waals surface area contributed by atoms with E-state index in [4.69, 9.17) is 0 Å². The molecule has 0 aliphatic rings. The van der Waals surface area contributed by atoms with Crippen molar-refractivity contribution in [1.29, 1.82) is 0 Å². The zero-order valence-corrected chi connectivity index (χ0v) is 15.3. The smallest absolute Gasteiger partial charge is 0.294 e. The summed E-state index contributed by atoms with van der Waals surface area (Å²) in [5.74, 6) is -0.221. The first-order valence-electron chi connectivity index (χ1n) is 8.22. The van der Waals surface area contributed by atoms with Gasteiger partial charge in [-0.2, -0.15) is 5.10 Å². The molecule has 0 fully saturated rings. The molecular formula is C18H20N4O2S. The topological polar surface area (TPSA) is 76.9 Å². The van der Waals surface area contributed by atoms with E-state index in [1.165, 1.54) is 16.0 Å². The number of amides is 1. The van der Waals surface area contributed by atoms with E-state index in [0.717, 1.165) is 21.7 Å². The van der Waals surface area contributed by atoms with Crippen LogP contribution in [0.15, 0.2) is 35.1 Å². The summed E-state index contributed by atoms with van der Waals surface area (Å²) in [5, 5.41) is 7.92. The minimum Gasteiger partial charge on any atom is -0.352 e. The Morgan fingerprint density at radius 3 is 2.72 bits per heavy atom. The van der Waals surface area contributed by atoms with E-state index in [2.05, 4.69) is 15.4 Å².